The summed E-state index contributed by atoms with van der Waals surface area (Å²) in [5.74, 6) is 0.412. The van der Waals surface area contributed by atoms with E-state index >= 15 is 0 Å². The molecular weight excluding hydrogens is 236 g/mol. The van der Waals surface area contributed by atoms with E-state index < -0.39 is 0 Å². The number of hydrogen-bond acceptors (Lipinski definition) is 3. The smallest absolute Gasteiger partial charge is 0.240 e. The molecule has 0 fully saturated rings. The van der Waals surface area contributed by atoms with Crippen LogP contribution in [0, 0.1) is 5.92 Å². The van der Waals surface area contributed by atoms with Gasteiger partial charge in [-0.1, -0.05) is 13.8 Å². The Morgan fingerprint density at radius 3 is 2.35 bits per heavy atom. The fourth-order valence-electron chi connectivity index (χ4n) is 1.61. The largest absolute Gasteiger partial charge is 0.343 e. The second kappa shape index (κ2) is 8.39. The highest BCUT2D eigenvalue weighted by Gasteiger charge is 2.17. The van der Waals surface area contributed by atoms with Crippen LogP contribution < -0.4 is 5.32 Å². The number of hydrogen-bond donors (Lipinski definition) is 1. The summed E-state index contributed by atoms with van der Waals surface area (Å²) in [6.45, 7) is 8.25. The van der Waals surface area contributed by atoms with Gasteiger partial charge in [-0.05, 0) is 32.4 Å². The molecule has 0 heterocycles. The van der Waals surface area contributed by atoms with Crippen LogP contribution in [0.4, 0.5) is 0 Å². The van der Waals surface area contributed by atoms with E-state index in [4.69, 9.17) is 0 Å². The molecule has 2 unspecified atom stereocenters. The molecule has 0 radical (unpaired) electrons. The van der Waals surface area contributed by atoms with Gasteiger partial charge in [0.25, 0.3) is 0 Å². The van der Waals surface area contributed by atoms with Crippen LogP contribution in [0.15, 0.2) is 0 Å². The lowest BCUT2D eigenvalue weighted by Crippen LogP contribution is -2.43. The fraction of sp³-hybridized carbons (Fsp3) is 0.833. The monoisotopic (exact) mass is 260 g/mol. The Hall–Kier alpha value is -0.710. The minimum atomic E-state index is -0.102. The van der Waals surface area contributed by atoms with E-state index in [0.717, 1.165) is 12.8 Å². The molecule has 4 nitrogen and oxygen atoms in total. The fourth-order valence-corrected chi connectivity index (χ4v) is 1.86. The van der Waals surface area contributed by atoms with Gasteiger partial charge in [0.2, 0.25) is 12.3 Å². The van der Waals surface area contributed by atoms with Gasteiger partial charge in [-0.2, -0.15) is 0 Å². The van der Waals surface area contributed by atoms with Crippen LogP contribution in [-0.4, -0.2) is 41.4 Å². The number of carbonyl (C=O) groups excluding carboxylic acids is 2. The van der Waals surface area contributed by atoms with Crippen LogP contribution >= 0.6 is 11.8 Å². The van der Waals surface area contributed by atoms with Crippen molar-refractivity contribution in [1.29, 1.82) is 0 Å². The lowest BCUT2D eigenvalue weighted by Gasteiger charge is -2.26. The standard InChI is InChI=1S/C12H24N2O2S/c1-9(2)6-10(3)14(8-15)7-12(16)13-11(4)17-5/h8-11H,6-7H2,1-5H3,(H,13,16). The summed E-state index contributed by atoms with van der Waals surface area (Å²) in [7, 11) is 0. The van der Waals surface area contributed by atoms with Crippen molar-refractivity contribution in [2.24, 2.45) is 5.92 Å². The van der Waals surface area contributed by atoms with E-state index in [0.29, 0.717) is 5.92 Å². The van der Waals surface area contributed by atoms with Gasteiger partial charge in [-0.25, -0.2) is 0 Å². The van der Waals surface area contributed by atoms with Gasteiger partial charge in [0.1, 0.15) is 0 Å². The summed E-state index contributed by atoms with van der Waals surface area (Å²) in [5.41, 5.74) is 0. The molecule has 2 amide bonds. The van der Waals surface area contributed by atoms with Crippen LogP contribution in [0.3, 0.4) is 0 Å². The van der Waals surface area contributed by atoms with Gasteiger partial charge >= 0.3 is 0 Å². The Morgan fingerprint density at radius 1 is 1.35 bits per heavy atom. The molecule has 0 rings (SSSR count). The third-order valence-electron chi connectivity index (χ3n) is 2.56. The molecule has 5 heteroatoms. The first-order valence-electron chi connectivity index (χ1n) is 5.93. The van der Waals surface area contributed by atoms with Crippen LogP contribution in [0.5, 0.6) is 0 Å². The molecule has 100 valence electrons. The molecule has 0 saturated heterocycles. The molecule has 0 aromatic heterocycles. The molecule has 2 atom stereocenters. The zero-order valence-corrected chi connectivity index (χ0v) is 12.2. The van der Waals surface area contributed by atoms with Crippen molar-refractivity contribution < 1.29 is 9.59 Å². The molecule has 0 aromatic carbocycles. The molecule has 0 saturated carbocycles. The minimum absolute atomic E-state index is 0.0800. The second-order valence-electron chi connectivity index (χ2n) is 4.70. The maximum Gasteiger partial charge on any atom is 0.240 e. The third-order valence-corrected chi connectivity index (χ3v) is 3.38. The SMILES string of the molecule is CSC(C)NC(=O)CN(C=O)C(C)CC(C)C. The van der Waals surface area contributed by atoms with Gasteiger partial charge in [-0.3, -0.25) is 9.59 Å². The minimum Gasteiger partial charge on any atom is -0.343 e. The first kappa shape index (κ1) is 16.3. The Labute approximate surface area is 109 Å². The highest BCUT2D eigenvalue weighted by molar-refractivity contribution is 7.99. The van der Waals surface area contributed by atoms with E-state index in [1.165, 1.54) is 0 Å². The van der Waals surface area contributed by atoms with Crippen molar-refractivity contribution in [2.45, 2.75) is 45.5 Å². The van der Waals surface area contributed by atoms with Crippen molar-refractivity contribution in [1.82, 2.24) is 10.2 Å². The van der Waals surface area contributed by atoms with E-state index in [1.807, 2.05) is 20.1 Å². The molecule has 0 aliphatic carbocycles. The second-order valence-corrected chi connectivity index (χ2v) is 5.88. The van der Waals surface area contributed by atoms with Gasteiger partial charge in [0, 0.05) is 6.04 Å². The van der Waals surface area contributed by atoms with Crippen molar-refractivity contribution in [3.63, 3.8) is 0 Å². The summed E-state index contributed by atoms with van der Waals surface area (Å²) >= 11 is 1.57. The molecule has 0 bridgehead atoms. The average molecular weight is 260 g/mol. The van der Waals surface area contributed by atoms with Gasteiger partial charge in [-0.15, -0.1) is 11.8 Å². The summed E-state index contributed by atoms with van der Waals surface area (Å²) in [5, 5.41) is 2.91. The number of rotatable bonds is 8. The number of nitrogens with zero attached hydrogens (tertiary/aromatic N) is 1. The quantitative estimate of drug-likeness (QED) is 0.534. The number of nitrogens with one attached hydrogen (secondary N) is 1. The molecule has 1 N–H and O–H groups in total. The normalized spacial score (nSPS) is 14.2. The highest BCUT2D eigenvalue weighted by Crippen LogP contribution is 2.09. The maximum absolute atomic E-state index is 11.6. The van der Waals surface area contributed by atoms with Crippen LogP contribution in [0.1, 0.15) is 34.1 Å². The van der Waals surface area contributed by atoms with Crippen molar-refractivity contribution >= 4 is 24.1 Å². The van der Waals surface area contributed by atoms with Crippen LogP contribution in [0.25, 0.3) is 0 Å². The Kier molecular flexibility index (Phi) is 8.04. The van der Waals surface area contributed by atoms with E-state index in [-0.39, 0.29) is 23.9 Å². The highest BCUT2D eigenvalue weighted by atomic mass is 32.2. The number of carbonyl (C=O) groups is 2. The summed E-state index contributed by atoms with van der Waals surface area (Å²) in [4.78, 5) is 24.2. The van der Waals surface area contributed by atoms with Crippen LogP contribution in [-0.2, 0) is 9.59 Å². The average Bonchev–Trinajstić information content (AvgIpc) is 2.24. The van der Waals surface area contributed by atoms with Gasteiger partial charge < -0.3 is 10.2 Å². The first-order valence-corrected chi connectivity index (χ1v) is 7.22. The Morgan fingerprint density at radius 2 is 1.94 bits per heavy atom. The van der Waals surface area contributed by atoms with E-state index in [9.17, 15) is 9.59 Å². The predicted octanol–water partition coefficient (Wildman–Crippen LogP) is 1.70. The van der Waals surface area contributed by atoms with Crippen LogP contribution in [0.2, 0.25) is 0 Å². The van der Waals surface area contributed by atoms with Gasteiger partial charge in [0.15, 0.2) is 0 Å². The molecular formula is C12H24N2O2S. The Bertz CT molecular complexity index is 247. The zero-order chi connectivity index (χ0) is 13.4. The molecule has 17 heavy (non-hydrogen) atoms. The number of thioether (sulfide) groups is 1. The summed E-state index contributed by atoms with van der Waals surface area (Å²) < 4.78 is 0. The summed E-state index contributed by atoms with van der Waals surface area (Å²) in [6, 6.07) is 0.0998. The van der Waals surface area contributed by atoms with E-state index in [2.05, 4.69) is 19.2 Å². The van der Waals surface area contributed by atoms with Crippen molar-refractivity contribution in [3.8, 4) is 0 Å². The van der Waals surface area contributed by atoms with Crippen molar-refractivity contribution in [3.05, 3.63) is 0 Å². The van der Waals surface area contributed by atoms with Gasteiger partial charge in [0.05, 0.1) is 11.9 Å². The zero-order valence-electron chi connectivity index (χ0n) is 11.4. The number of amides is 2. The molecule has 0 aromatic rings. The van der Waals surface area contributed by atoms with Crippen molar-refractivity contribution in [2.75, 3.05) is 12.8 Å². The Balaban J connectivity index is 4.20. The molecule has 0 spiro atoms. The molecule has 0 aliphatic heterocycles. The lowest BCUT2D eigenvalue weighted by atomic mass is 10.0. The lowest BCUT2D eigenvalue weighted by molar-refractivity contribution is -0.129. The topological polar surface area (TPSA) is 49.4 Å². The third kappa shape index (κ3) is 7.26. The predicted molar refractivity (Wildman–Crippen MR) is 72.8 cm³/mol. The summed E-state index contributed by atoms with van der Waals surface area (Å²) in [6.07, 6.45) is 3.60. The first-order chi connectivity index (χ1) is 7.90. The van der Waals surface area contributed by atoms with E-state index in [1.54, 1.807) is 16.7 Å². The molecule has 0 aliphatic rings. The maximum atomic E-state index is 11.6.